The standard InChI is InChI=1S/C25H34O8/c1-13(26)32-12-20(30)25(31)10-7-16-15-5-6-17-22(33-14(2)27)18(28)8-9-23(17,3)21(15)19(29)11-24(16,25)4/h15-17,21-22,31H,5-12H2,1-4H3/t15-,16-,17+,21+,22+,23-,24-,25-/m0/s1. The van der Waals surface area contributed by atoms with Gasteiger partial charge in [-0.1, -0.05) is 13.8 Å². The maximum atomic E-state index is 13.7. The Morgan fingerprint density at radius 1 is 0.970 bits per heavy atom. The fourth-order valence-corrected chi connectivity index (χ4v) is 8.01. The van der Waals surface area contributed by atoms with E-state index in [2.05, 4.69) is 0 Å². The highest BCUT2D eigenvalue weighted by molar-refractivity contribution is 5.93. The van der Waals surface area contributed by atoms with Gasteiger partial charge in [0.2, 0.25) is 5.78 Å². The van der Waals surface area contributed by atoms with E-state index in [0.29, 0.717) is 25.7 Å². The summed E-state index contributed by atoms with van der Waals surface area (Å²) in [5, 5.41) is 11.5. The van der Waals surface area contributed by atoms with E-state index in [1.165, 1.54) is 13.8 Å². The molecule has 0 saturated heterocycles. The Hall–Kier alpha value is -2.09. The molecule has 0 aliphatic heterocycles. The van der Waals surface area contributed by atoms with Gasteiger partial charge in [0.15, 0.2) is 18.5 Å². The molecule has 8 atom stereocenters. The minimum absolute atomic E-state index is 0.00230. The molecule has 1 N–H and O–H groups in total. The number of aliphatic hydroxyl groups is 1. The summed E-state index contributed by atoms with van der Waals surface area (Å²) in [6.45, 7) is 5.88. The molecule has 4 rings (SSSR count). The second-order valence-corrected chi connectivity index (χ2v) is 11.1. The van der Waals surface area contributed by atoms with Crippen LogP contribution in [0.4, 0.5) is 0 Å². The van der Waals surface area contributed by atoms with Gasteiger partial charge in [-0.15, -0.1) is 0 Å². The van der Waals surface area contributed by atoms with Crippen LogP contribution in [-0.4, -0.2) is 52.7 Å². The number of carbonyl (C=O) groups excluding carboxylic acids is 5. The van der Waals surface area contributed by atoms with Gasteiger partial charge < -0.3 is 14.6 Å². The predicted octanol–water partition coefficient (Wildman–Crippen LogP) is 2.18. The fraction of sp³-hybridized carbons (Fsp3) is 0.800. The van der Waals surface area contributed by atoms with E-state index >= 15 is 0 Å². The first kappa shape index (κ1) is 24.0. The number of hydrogen-bond donors (Lipinski definition) is 1. The van der Waals surface area contributed by atoms with E-state index in [4.69, 9.17) is 9.47 Å². The summed E-state index contributed by atoms with van der Waals surface area (Å²) < 4.78 is 10.3. The zero-order valence-corrected chi connectivity index (χ0v) is 19.8. The largest absolute Gasteiger partial charge is 0.458 e. The van der Waals surface area contributed by atoms with E-state index < -0.39 is 46.9 Å². The molecule has 4 aliphatic carbocycles. The summed E-state index contributed by atoms with van der Waals surface area (Å²) in [5.41, 5.74) is -3.11. The lowest BCUT2D eigenvalue weighted by atomic mass is 9.43. The Morgan fingerprint density at radius 2 is 1.67 bits per heavy atom. The summed E-state index contributed by atoms with van der Waals surface area (Å²) in [7, 11) is 0. The molecule has 4 aliphatic rings. The van der Waals surface area contributed by atoms with Crippen molar-refractivity contribution in [1.82, 2.24) is 0 Å². The van der Waals surface area contributed by atoms with Crippen LogP contribution in [0.25, 0.3) is 0 Å². The van der Waals surface area contributed by atoms with Crippen molar-refractivity contribution in [3.63, 3.8) is 0 Å². The zero-order chi connectivity index (χ0) is 24.3. The minimum atomic E-state index is -1.71. The van der Waals surface area contributed by atoms with E-state index in [9.17, 15) is 29.1 Å². The number of hydrogen-bond acceptors (Lipinski definition) is 8. The van der Waals surface area contributed by atoms with Crippen LogP contribution in [0.2, 0.25) is 0 Å². The average molecular weight is 463 g/mol. The highest BCUT2D eigenvalue weighted by atomic mass is 16.5. The Bertz CT molecular complexity index is 910. The molecule has 33 heavy (non-hydrogen) atoms. The lowest BCUT2D eigenvalue weighted by molar-refractivity contribution is -0.191. The molecule has 0 aromatic carbocycles. The van der Waals surface area contributed by atoms with Crippen LogP contribution < -0.4 is 0 Å². The smallest absolute Gasteiger partial charge is 0.303 e. The van der Waals surface area contributed by atoms with Crippen LogP contribution in [0.3, 0.4) is 0 Å². The third-order valence-corrected chi connectivity index (χ3v) is 9.54. The SMILES string of the molecule is CC(=O)OCC(=O)[C@@]1(O)CC[C@H]2[C@@H]3CC[C@@H]4[C@@H](OC(C)=O)C(=O)CC[C@]4(C)[C@H]3C(=O)C[C@@]21C. The first-order valence-corrected chi connectivity index (χ1v) is 12.0. The van der Waals surface area contributed by atoms with Crippen molar-refractivity contribution >= 4 is 29.3 Å². The Balaban J connectivity index is 1.64. The molecule has 0 aromatic heterocycles. The zero-order valence-electron chi connectivity index (χ0n) is 19.8. The number of carbonyl (C=O) groups is 5. The molecule has 0 amide bonds. The molecule has 0 spiro atoms. The van der Waals surface area contributed by atoms with Gasteiger partial charge in [0.1, 0.15) is 11.4 Å². The number of rotatable bonds is 4. The van der Waals surface area contributed by atoms with Crippen LogP contribution in [0.15, 0.2) is 0 Å². The average Bonchev–Trinajstić information content (AvgIpc) is 2.99. The fourth-order valence-electron chi connectivity index (χ4n) is 8.01. The molecule has 0 unspecified atom stereocenters. The lowest BCUT2D eigenvalue weighted by Crippen LogP contribution is -2.64. The van der Waals surface area contributed by atoms with Gasteiger partial charge in [0.05, 0.1) is 0 Å². The second-order valence-electron chi connectivity index (χ2n) is 11.1. The molecular weight excluding hydrogens is 428 g/mol. The number of ketones is 3. The molecular formula is C25H34O8. The summed E-state index contributed by atoms with van der Waals surface area (Å²) in [4.78, 5) is 62.1. The number of esters is 2. The van der Waals surface area contributed by atoms with Crippen LogP contribution in [0.5, 0.6) is 0 Å². The van der Waals surface area contributed by atoms with E-state index in [1.807, 2.05) is 13.8 Å². The topological polar surface area (TPSA) is 124 Å². The Labute approximate surface area is 193 Å². The van der Waals surface area contributed by atoms with Crippen LogP contribution in [0, 0.1) is 34.5 Å². The third kappa shape index (κ3) is 3.47. The quantitative estimate of drug-likeness (QED) is 0.631. The molecule has 0 radical (unpaired) electrons. The van der Waals surface area contributed by atoms with Crippen LogP contribution in [0.1, 0.15) is 72.6 Å². The van der Waals surface area contributed by atoms with Crippen molar-refractivity contribution < 1.29 is 38.6 Å². The number of Topliss-reactive ketones (excluding diaryl/α,β-unsaturated/α-hetero) is 3. The molecule has 4 saturated carbocycles. The number of ether oxygens (including phenoxy) is 2. The highest BCUT2D eigenvalue weighted by Gasteiger charge is 2.70. The first-order chi connectivity index (χ1) is 15.3. The van der Waals surface area contributed by atoms with Crippen molar-refractivity contribution in [2.24, 2.45) is 34.5 Å². The van der Waals surface area contributed by atoms with E-state index in [1.54, 1.807) is 0 Å². The molecule has 0 aromatic rings. The molecule has 4 fully saturated rings. The van der Waals surface area contributed by atoms with Gasteiger partial charge >= 0.3 is 11.9 Å². The van der Waals surface area contributed by atoms with Crippen molar-refractivity contribution in [3.05, 3.63) is 0 Å². The Morgan fingerprint density at radius 3 is 2.30 bits per heavy atom. The van der Waals surface area contributed by atoms with Crippen molar-refractivity contribution in [1.29, 1.82) is 0 Å². The third-order valence-electron chi connectivity index (χ3n) is 9.54. The highest BCUT2D eigenvalue weighted by Crippen LogP contribution is 2.67. The van der Waals surface area contributed by atoms with E-state index in [0.717, 1.165) is 0 Å². The predicted molar refractivity (Wildman–Crippen MR) is 115 cm³/mol. The van der Waals surface area contributed by atoms with Gasteiger partial charge in [-0.05, 0) is 49.4 Å². The minimum Gasteiger partial charge on any atom is -0.458 e. The molecule has 8 nitrogen and oxygen atoms in total. The van der Waals surface area contributed by atoms with Gasteiger partial charge in [-0.25, -0.2) is 0 Å². The van der Waals surface area contributed by atoms with Crippen molar-refractivity contribution in [2.45, 2.75) is 84.3 Å². The summed E-state index contributed by atoms with van der Waals surface area (Å²) in [6.07, 6.45) is 2.27. The molecule has 0 bridgehead atoms. The van der Waals surface area contributed by atoms with Crippen molar-refractivity contribution in [3.8, 4) is 0 Å². The van der Waals surface area contributed by atoms with E-state index in [-0.39, 0.29) is 54.5 Å². The van der Waals surface area contributed by atoms with Crippen molar-refractivity contribution in [2.75, 3.05) is 6.61 Å². The maximum absolute atomic E-state index is 13.7. The molecule has 182 valence electrons. The van der Waals surface area contributed by atoms with Gasteiger partial charge in [-0.3, -0.25) is 24.0 Å². The summed E-state index contributed by atoms with van der Waals surface area (Å²) >= 11 is 0. The van der Waals surface area contributed by atoms with Crippen LogP contribution in [-0.2, 0) is 33.4 Å². The monoisotopic (exact) mass is 462 g/mol. The second kappa shape index (κ2) is 8.00. The maximum Gasteiger partial charge on any atom is 0.303 e. The van der Waals surface area contributed by atoms with Gasteiger partial charge in [0.25, 0.3) is 0 Å². The normalized spacial score (nSPS) is 44.3. The summed E-state index contributed by atoms with van der Waals surface area (Å²) in [6, 6.07) is 0. The van der Waals surface area contributed by atoms with Gasteiger partial charge in [0, 0.05) is 43.9 Å². The Kier molecular flexibility index (Phi) is 5.83. The lowest BCUT2D eigenvalue weighted by Gasteiger charge is -2.60. The number of fused-ring (bicyclic) bond motifs is 5. The van der Waals surface area contributed by atoms with Gasteiger partial charge in [-0.2, -0.15) is 0 Å². The first-order valence-electron chi connectivity index (χ1n) is 12.0. The summed E-state index contributed by atoms with van der Waals surface area (Å²) in [5.74, 6) is -2.26. The molecule has 8 heteroatoms. The molecule has 0 heterocycles. The van der Waals surface area contributed by atoms with Crippen LogP contribution >= 0.6 is 0 Å².